The number of nitrogens with zero attached hydrogens (tertiary/aromatic N) is 3. The van der Waals surface area contributed by atoms with Crippen LogP contribution in [-0.4, -0.2) is 25.0 Å². The molecular weight excluding hydrogens is 288 g/mol. The first-order valence-corrected chi connectivity index (χ1v) is 6.56. The summed E-state index contributed by atoms with van der Waals surface area (Å²) in [5, 5.41) is 11.9. The molecule has 0 fully saturated rings. The minimum atomic E-state index is -0.247. The first-order valence-electron chi connectivity index (χ1n) is 6.18. The number of pyridine rings is 1. The second-order valence-electron chi connectivity index (χ2n) is 4.32. The molecule has 2 rings (SSSR count). The molecule has 0 aliphatic heterocycles. The zero-order valence-electron chi connectivity index (χ0n) is 11.6. The summed E-state index contributed by atoms with van der Waals surface area (Å²) in [5.74, 6) is 0.319. The second kappa shape index (κ2) is 6.25. The van der Waals surface area contributed by atoms with Crippen molar-refractivity contribution in [2.45, 2.75) is 0 Å². The molecule has 0 spiro atoms. The first kappa shape index (κ1) is 14.8. The molecule has 6 heteroatoms. The van der Waals surface area contributed by atoms with E-state index in [9.17, 15) is 4.79 Å². The highest BCUT2D eigenvalue weighted by atomic mass is 35.5. The number of nitriles is 1. The Morgan fingerprint density at radius 1 is 1.38 bits per heavy atom. The van der Waals surface area contributed by atoms with Crippen LogP contribution in [0.3, 0.4) is 0 Å². The van der Waals surface area contributed by atoms with E-state index in [0.29, 0.717) is 27.7 Å². The lowest BCUT2D eigenvalue weighted by Gasteiger charge is -2.18. The third-order valence-corrected chi connectivity index (χ3v) is 3.33. The van der Waals surface area contributed by atoms with E-state index in [-0.39, 0.29) is 5.91 Å². The Morgan fingerprint density at radius 2 is 2.05 bits per heavy atom. The Morgan fingerprint density at radius 3 is 2.62 bits per heavy atom. The molecule has 0 aliphatic carbocycles. The molecule has 106 valence electrons. The van der Waals surface area contributed by atoms with Crippen LogP contribution in [0.5, 0.6) is 0 Å². The zero-order valence-corrected chi connectivity index (χ0v) is 12.3. The molecule has 0 saturated heterocycles. The zero-order chi connectivity index (χ0) is 15.4. The predicted octanol–water partition coefficient (Wildman–Crippen LogP) is 2.92. The fourth-order valence-corrected chi connectivity index (χ4v) is 1.98. The van der Waals surface area contributed by atoms with E-state index < -0.39 is 0 Å². The number of halogens is 1. The number of aromatic nitrogens is 1. The lowest BCUT2D eigenvalue weighted by atomic mass is 10.2. The summed E-state index contributed by atoms with van der Waals surface area (Å²) in [6.07, 6.45) is 1.44. The molecule has 5 nitrogen and oxygen atoms in total. The van der Waals surface area contributed by atoms with Crippen molar-refractivity contribution in [3.63, 3.8) is 0 Å². The minimum absolute atomic E-state index is 0.247. The smallest absolute Gasteiger partial charge is 0.259 e. The summed E-state index contributed by atoms with van der Waals surface area (Å²) in [6.45, 7) is 0. The van der Waals surface area contributed by atoms with Gasteiger partial charge in [-0.2, -0.15) is 5.26 Å². The SMILES string of the molecule is CNc1cc(C(=O)N(C)c2ccc(C#N)cc2)c(Cl)cn1. The van der Waals surface area contributed by atoms with E-state index in [1.165, 1.54) is 11.1 Å². The summed E-state index contributed by atoms with van der Waals surface area (Å²) < 4.78 is 0. The molecule has 0 aliphatic rings. The third-order valence-electron chi connectivity index (χ3n) is 3.03. The molecule has 1 heterocycles. The lowest BCUT2D eigenvalue weighted by molar-refractivity contribution is 0.0993. The van der Waals surface area contributed by atoms with Gasteiger partial charge >= 0.3 is 0 Å². The molecule has 0 bridgehead atoms. The Hall–Kier alpha value is -2.58. The van der Waals surface area contributed by atoms with Crippen molar-refractivity contribution < 1.29 is 4.79 Å². The van der Waals surface area contributed by atoms with Crippen molar-refractivity contribution in [1.82, 2.24) is 4.98 Å². The van der Waals surface area contributed by atoms with Crippen molar-refractivity contribution in [2.24, 2.45) is 0 Å². The van der Waals surface area contributed by atoms with Crippen LogP contribution in [0.15, 0.2) is 36.5 Å². The van der Waals surface area contributed by atoms with Crippen molar-refractivity contribution in [2.75, 3.05) is 24.3 Å². The fraction of sp³-hybridized carbons (Fsp3) is 0.133. The molecular formula is C15H13ClN4O. The van der Waals surface area contributed by atoms with Crippen molar-refractivity contribution in [3.8, 4) is 6.07 Å². The standard InChI is InChI=1S/C15H13ClN4O/c1-18-14-7-12(13(16)9-19-14)15(21)20(2)11-5-3-10(8-17)4-6-11/h3-7,9H,1-2H3,(H,18,19). The summed E-state index contributed by atoms with van der Waals surface area (Å²) >= 11 is 6.05. The topological polar surface area (TPSA) is 69.0 Å². The van der Waals surface area contributed by atoms with Gasteiger partial charge < -0.3 is 10.2 Å². The fourth-order valence-electron chi connectivity index (χ4n) is 1.80. The molecule has 0 radical (unpaired) electrons. The Labute approximate surface area is 127 Å². The van der Waals surface area contributed by atoms with Crippen LogP contribution in [0.25, 0.3) is 0 Å². The Balaban J connectivity index is 2.32. The van der Waals surface area contributed by atoms with Crippen LogP contribution in [0.1, 0.15) is 15.9 Å². The number of nitrogens with one attached hydrogen (secondary N) is 1. The van der Waals surface area contributed by atoms with Gasteiger partial charge in [0.25, 0.3) is 5.91 Å². The van der Waals surface area contributed by atoms with Gasteiger partial charge in [0.15, 0.2) is 0 Å². The van der Waals surface area contributed by atoms with E-state index in [4.69, 9.17) is 16.9 Å². The van der Waals surface area contributed by atoms with Gasteiger partial charge in [-0.3, -0.25) is 4.79 Å². The van der Waals surface area contributed by atoms with Crippen LogP contribution in [0.4, 0.5) is 11.5 Å². The Kier molecular flexibility index (Phi) is 4.41. The maximum Gasteiger partial charge on any atom is 0.259 e. The number of rotatable bonds is 3. The number of hydrogen-bond acceptors (Lipinski definition) is 4. The van der Waals surface area contributed by atoms with Crippen LogP contribution < -0.4 is 10.2 Å². The predicted molar refractivity (Wildman–Crippen MR) is 82.7 cm³/mol. The average Bonchev–Trinajstić information content (AvgIpc) is 2.54. The van der Waals surface area contributed by atoms with Crippen molar-refractivity contribution in [3.05, 3.63) is 52.7 Å². The van der Waals surface area contributed by atoms with Crippen molar-refractivity contribution >= 4 is 29.0 Å². The summed E-state index contributed by atoms with van der Waals surface area (Å²) in [5.41, 5.74) is 1.58. The van der Waals surface area contributed by atoms with Gasteiger partial charge in [0.1, 0.15) is 5.82 Å². The van der Waals surface area contributed by atoms with Gasteiger partial charge in [-0.15, -0.1) is 0 Å². The molecule has 1 aromatic carbocycles. The first-order chi connectivity index (χ1) is 10.1. The molecule has 1 amide bonds. The molecule has 2 aromatic rings. The molecule has 0 atom stereocenters. The molecule has 0 unspecified atom stereocenters. The van der Waals surface area contributed by atoms with E-state index in [1.807, 2.05) is 6.07 Å². The maximum absolute atomic E-state index is 12.5. The number of carbonyl (C=O) groups is 1. The summed E-state index contributed by atoms with van der Waals surface area (Å²) in [7, 11) is 3.37. The van der Waals surface area contributed by atoms with Crippen LogP contribution in [0.2, 0.25) is 5.02 Å². The van der Waals surface area contributed by atoms with E-state index >= 15 is 0 Å². The van der Waals surface area contributed by atoms with Gasteiger partial charge in [0.05, 0.1) is 22.2 Å². The number of benzene rings is 1. The van der Waals surface area contributed by atoms with E-state index in [0.717, 1.165) is 0 Å². The molecule has 1 N–H and O–H groups in total. The van der Waals surface area contributed by atoms with Gasteiger partial charge in [0.2, 0.25) is 0 Å². The molecule has 0 saturated carbocycles. The van der Waals surface area contributed by atoms with Gasteiger partial charge in [-0.25, -0.2) is 4.98 Å². The van der Waals surface area contributed by atoms with Gasteiger partial charge in [0, 0.05) is 26.0 Å². The lowest BCUT2D eigenvalue weighted by Crippen LogP contribution is -2.26. The summed E-state index contributed by atoms with van der Waals surface area (Å²) in [4.78, 5) is 18.0. The highest BCUT2D eigenvalue weighted by Gasteiger charge is 2.17. The van der Waals surface area contributed by atoms with Gasteiger partial charge in [-0.1, -0.05) is 11.6 Å². The number of hydrogen-bond donors (Lipinski definition) is 1. The minimum Gasteiger partial charge on any atom is -0.373 e. The monoisotopic (exact) mass is 300 g/mol. The third kappa shape index (κ3) is 3.12. The molecule has 21 heavy (non-hydrogen) atoms. The quantitative estimate of drug-likeness (QED) is 0.946. The number of carbonyl (C=O) groups excluding carboxylic acids is 1. The van der Waals surface area contributed by atoms with E-state index in [1.54, 1.807) is 44.4 Å². The second-order valence-corrected chi connectivity index (χ2v) is 4.73. The largest absolute Gasteiger partial charge is 0.373 e. The van der Waals surface area contributed by atoms with E-state index in [2.05, 4.69) is 10.3 Å². The van der Waals surface area contributed by atoms with Crippen LogP contribution >= 0.6 is 11.6 Å². The maximum atomic E-state index is 12.5. The average molecular weight is 301 g/mol. The Bertz CT molecular complexity index is 707. The summed E-state index contributed by atoms with van der Waals surface area (Å²) in [6, 6.07) is 10.4. The normalized spacial score (nSPS) is 9.81. The van der Waals surface area contributed by atoms with Crippen LogP contribution in [-0.2, 0) is 0 Å². The highest BCUT2D eigenvalue weighted by Crippen LogP contribution is 2.22. The number of anilines is 2. The highest BCUT2D eigenvalue weighted by molar-refractivity contribution is 6.34. The van der Waals surface area contributed by atoms with Crippen LogP contribution in [0, 0.1) is 11.3 Å². The van der Waals surface area contributed by atoms with Crippen molar-refractivity contribution in [1.29, 1.82) is 5.26 Å². The number of amides is 1. The van der Waals surface area contributed by atoms with Gasteiger partial charge in [-0.05, 0) is 30.3 Å². The molecule has 1 aromatic heterocycles.